The predicted octanol–water partition coefficient (Wildman–Crippen LogP) is 2.19. The maximum Gasteiger partial charge on any atom is 0.226 e. The molecule has 0 aromatic rings. The second kappa shape index (κ2) is 6.10. The third-order valence-electron chi connectivity index (χ3n) is 3.80. The Hall–Kier alpha value is -0.220. The molecule has 0 aromatic heterocycles. The first kappa shape index (κ1) is 14.8. The van der Waals surface area contributed by atoms with Crippen LogP contribution >= 0.6 is 11.8 Å². The van der Waals surface area contributed by atoms with Gasteiger partial charge in [0.1, 0.15) is 0 Å². The van der Waals surface area contributed by atoms with Crippen LogP contribution in [-0.2, 0) is 4.79 Å². The summed E-state index contributed by atoms with van der Waals surface area (Å²) in [5.41, 5.74) is -0.960. The molecule has 100 valence electrons. The highest BCUT2D eigenvalue weighted by Crippen LogP contribution is 2.41. The van der Waals surface area contributed by atoms with Crippen molar-refractivity contribution in [1.29, 1.82) is 0 Å². The normalized spacial score (nSPS) is 22.1. The Morgan fingerprint density at radius 2 is 2.06 bits per heavy atom. The number of amides is 1. The van der Waals surface area contributed by atoms with Crippen molar-refractivity contribution >= 4 is 17.7 Å². The van der Waals surface area contributed by atoms with Gasteiger partial charge in [0.25, 0.3) is 0 Å². The lowest BCUT2D eigenvalue weighted by molar-refractivity contribution is -0.132. The van der Waals surface area contributed by atoms with Gasteiger partial charge in [-0.2, -0.15) is 11.8 Å². The number of carbonyl (C=O) groups excluding carboxylic acids is 1. The highest BCUT2D eigenvalue weighted by molar-refractivity contribution is 7.98. The molecule has 1 atom stereocenters. The van der Waals surface area contributed by atoms with Crippen molar-refractivity contribution in [3.63, 3.8) is 0 Å². The van der Waals surface area contributed by atoms with Crippen molar-refractivity contribution in [3.05, 3.63) is 0 Å². The molecule has 1 fully saturated rings. The summed E-state index contributed by atoms with van der Waals surface area (Å²) < 4.78 is 0. The second-order valence-corrected chi connectivity index (χ2v) is 6.32. The van der Waals surface area contributed by atoms with Crippen LogP contribution in [0.15, 0.2) is 0 Å². The van der Waals surface area contributed by atoms with E-state index in [1.807, 2.05) is 6.26 Å². The van der Waals surface area contributed by atoms with Crippen molar-refractivity contribution in [3.8, 4) is 0 Å². The average molecular weight is 259 g/mol. The number of aliphatic hydroxyl groups is 1. The van der Waals surface area contributed by atoms with Gasteiger partial charge in [-0.25, -0.2) is 0 Å². The third kappa shape index (κ3) is 3.88. The van der Waals surface area contributed by atoms with E-state index in [0.29, 0.717) is 12.3 Å². The highest BCUT2D eigenvalue weighted by atomic mass is 32.2. The molecule has 0 aliphatic heterocycles. The highest BCUT2D eigenvalue weighted by Gasteiger charge is 2.39. The van der Waals surface area contributed by atoms with E-state index in [9.17, 15) is 9.90 Å². The molecule has 2 N–H and O–H groups in total. The Bertz CT molecular complexity index is 260. The van der Waals surface area contributed by atoms with Gasteiger partial charge < -0.3 is 10.4 Å². The Kier molecular flexibility index (Phi) is 5.32. The molecule has 0 radical (unpaired) electrons. The van der Waals surface area contributed by atoms with Crippen LogP contribution in [0.2, 0.25) is 0 Å². The minimum atomic E-state index is -0.803. The number of thioether (sulfide) groups is 1. The lowest BCUT2D eigenvalue weighted by Gasteiger charge is -2.29. The molecule has 1 aliphatic carbocycles. The molecule has 1 amide bonds. The monoisotopic (exact) mass is 259 g/mol. The van der Waals surface area contributed by atoms with Crippen molar-refractivity contribution < 1.29 is 9.90 Å². The first-order valence-electron chi connectivity index (χ1n) is 6.45. The second-order valence-electron chi connectivity index (χ2n) is 5.45. The number of hydrogen-bond donors (Lipinski definition) is 2. The SMILES string of the molecule is CCC1(C(=O)NCC(C)(O)CSC)CCCC1. The largest absolute Gasteiger partial charge is 0.387 e. The van der Waals surface area contributed by atoms with Crippen LogP contribution in [0.25, 0.3) is 0 Å². The Morgan fingerprint density at radius 1 is 1.47 bits per heavy atom. The predicted molar refractivity (Wildman–Crippen MR) is 73.2 cm³/mol. The van der Waals surface area contributed by atoms with E-state index < -0.39 is 5.60 Å². The maximum atomic E-state index is 12.2. The van der Waals surface area contributed by atoms with Crippen LogP contribution in [0.1, 0.15) is 46.0 Å². The zero-order valence-corrected chi connectivity index (χ0v) is 12.0. The fourth-order valence-electron chi connectivity index (χ4n) is 2.61. The average Bonchev–Trinajstić information content (AvgIpc) is 2.75. The molecule has 1 saturated carbocycles. The zero-order chi connectivity index (χ0) is 12.9. The van der Waals surface area contributed by atoms with Gasteiger partial charge in [-0.05, 0) is 32.4 Å². The fraction of sp³-hybridized carbons (Fsp3) is 0.923. The fourth-order valence-corrected chi connectivity index (χ4v) is 3.34. The summed E-state index contributed by atoms with van der Waals surface area (Å²) in [6.45, 7) is 4.22. The van der Waals surface area contributed by atoms with Crippen LogP contribution in [0.4, 0.5) is 0 Å². The van der Waals surface area contributed by atoms with E-state index in [0.717, 1.165) is 32.1 Å². The minimum Gasteiger partial charge on any atom is -0.387 e. The summed E-state index contributed by atoms with van der Waals surface area (Å²) in [5.74, 6) is 0.783. The maximum absolute atomic E-state index is 12.2. The standard InChI is InChI=1S/C13H25NO2S/c1-4-13(7-5-6-8-13)11(15)14-9-12(2,16)10-17-3/h16H,4-10H2,1-3H3,(H,14,15). The number of rotatable bonds is 6. The molecule has 17 heavy (non-hydrogen) atoms. The molecule has 1 rings (SSSR count). The lowest BCUT2D eigenvalue weighted by atomic mass is 9.82. The van der Waals surface area contributed by atoms with Gasteiger partial charge in [-0.3, -0.25) is 4.79 Å². The van der Waals surface area contributed by atoms with Crippen LogP contribution in [0.5, 0.6) is 0 Å². The summed E-state index contributed by atoms with van der Waals surface area (Å²) in [6.07, 6.45) is 7.18. The molecule has 0 saturated heterocycles. The van der Waals surface area contributed by atoms with Crippen LogP contribution < -0.4 is 5.32 Å². The summed E-state index contributed by atoms with van der Waals surface area (Å²) in [4.78, 5) is 12.2. The zero-order valence-electron chi connectivity index (χ0n) is 11.2. The van der Waals surface area contributed by atoms with Crippen LogP contribution in [-0.4, -0.2) is 35.2 Å². The van der Waals surface area contributed by atoms with Crippen LogP contribution in [0.3, 0.4) is 0 Å². The van der Waals surface area contributed by atoms with E-state index in [4.69, 9.17) is 0 Å². The van der Waals surface area contributed by atoms with E-state index in [1.165, 1.54) is 0 Å². The molecular formula is C13H25NO2S. The molecule has 0 aromatic carbocycles. The molecule has 0 spiro atoms. The lowest BCUT2D eigenvalue weighted by Crippen LogP contribution is -2.47. The van der Waals surface area contributed by atoms with Crippen molar-refractivity contribution in [2.75, 3.05) is 18.6 Å². The molecule has 1 unspecified atom stereocenters. The number of hydrogen-bond acceptors (Lipinski definition) is 3. The summed E-state index contributed by atoms with van der Waals surface area (Å²) >= 11 is 1.60. The van der Waals surface area contributed by atoms with E-state index in [2.05, 4.69) is 12.2 Å². The molecule has 0 bridgehead atoms. The Balaban J connectivity index is 2.48. The number of nitrogens with one attached hydrogen (secondary N) is 1. The van der Waals surface area contributed by atoms with Gasteiger partial charge in [0, 0.05) is 17.7 Å². The van der Waals surface area contributed by atoms with Gasteiger partial charge in [0.2, 0.25) is 5.91 Å². The first-order valence-corrected chi connectivity index (χ1v) is 7.85. The van der Waals surface area contributed by atoms with Crippen molar-refractivity contribution in [2.24, 2.45) is 5.41 Å². The van der Waals surface area contributed by atoms with E-state index in [-0.39, 0.29) is 11.3 Å². The molecule has 3 nitrogen and oxygen atoms in total. The minimum absolute atomic E-state index is 0.138. The quantitative estimate of drug-likeness (QED) is 0.769. The summed E-state index contributed by atoms with van der Waals surface area (Å²) in [6, 6.07) is 0. The molecular weight excluding hydrogens is 234 g/mol. The first-order chi connectivity index (χ1) is 7.96. The summed E-state index contributed by atoms with van der Waals surface area (Å²) in [5, 5.41) is 13.0. The molecule has 1 aliphatic rings. The number of carbonyl (C=O) groups is 1. The van der Waals surface area contributed by atoms with Crippen LogP contribution in [0, 0.1) is 5.41 Å². The smallest absolute Gasteiger partial charge is 0.226 e. The molecule has 0 heterocycles. The van der Waals surface area contributed by atoms with Gasteiger partial charge in [0.05, 0.1) is 5.60 Å². The molecule has 4 heteroatoms. The topological polar surface area (TPSA) is 49.3 Å². The van der Waals surface area contributed by atoms with E-state index in [1.54, 1.807) is 18.7 Å². The Morgan fingerprint density at radius 3 is 2.53 bits per heavy atom. The van der Waals surface area contributed by atoms with Gasteiger partial charge >= 0.3 is 0 Å². The van der Waals surface area contributed by atoms with Crippen molar-refractivity contribution in [1.82, 2.24) is 5.32 Å². The van der Waals surface area contributed by atoms with Gasteiger partial charge in [-0.1, -0.05) is 19.8 Å². The Labute approximate surface area is 109 Å². The van der Waals surface area contributed by atoms with Gasteiger partial charge in [-0.15, -0.1) is 0 Å². The summed E-state index contributed by atoms with van der Waals surface area (Å²) in [7, 11) is 0. The van der Waals surface area contributed by atoms with E-state index >= 15 is 0 Å². The van der Waals surface area contributed by atoms with Gasteiger partial charge in [0.15, 0.2) is 0 Å². The third-order valence-corrected chi connectivity index (χ3v) is 4.71. The van der Waals surface area contributed by atoms with Crippen molar-refractivity contribution in [2.45, 2.75) is 51.6 Å².